The molecule has 3 aromatic heterocycles. The van der Waals surface area contributed by atoms with E-state index in [1.54, 1.807) is 20.8 Å². The smallest absolute Gasteiger partial charge is 0.412 e. The van der Waals surface area contributed by atoms with Crippen LogP contribution in [0.25, 0.3) is 5.65 Å². The van der Waals surface area contributed by atoms with E-state index in [0.29, 0.717) is 29.5 Å². The zero-order valence-corrected chi connectivity index (χ0v) is 19.9. The fourth-order valence-electron chi connectivity index (χ4n) is 3.36. The Labute approximate surface area is 192 Å². The van der Waals surface area contributed by atoms with Crippen LogP contribution in [0.3, 0.4) is 0 Å². The molecule has 1 aliphatic rings. The third kappa shape index (κ3) is 5.88. The second-order valence-electron chi connectivity index (χ2n) is 10.4. The van der Waals surface area contributed by atoms with Crippen LogP contribution in [0.4, 0.5) is 10.5 Å². The van der Waals surface area contributed by atoms with E-state index in [4.69, 9.17) is 9.47 Å². The number of imidazole rings is 1. The standard InChI is InChI=1S/C23H30N6O4/c1-22(2,3)32-20(30)18-13-29(27-26-18)12-16-11-28-10-15(14-7-8-14)9-17(19(28)24-16)25-21(31)33-23(4,5)6/h9-11,13-14H,7-8,12H2,1-6H3,(H,25,31). The van der Waals surface area contributed by atoms with Crippen molar-refractivity contribution in [3.8, 4) is 0 Å². The number of fused-ring (bicyclic) bond motifs is 1. The Kier molecular flexibility index (Phi) is 5.63. The van der Waals surface area contributed by atoms with Crippen LogP contribution in [-0.4, -0.2) is 47.6 Å². The van der Waals surface area contributed by atoms with E-state index in [-0.39, 0.29) is 5.69 Å². The van der Waals surface area contributed by atoms with Gasteiger partial charge in [-0.2, -0.15) is 0 Å². The zero-order chi connectivity index (χ0) is 24.0. The molecule has 1 aliphatic carbocycles. The highest BCUT2D eigenvalue weighted by atomic mass is 16.6. The first-order chi connectivity index (χ1) is 15.4. The second-order valence-corrected chi connectivity index (χ2v) is 10.4. The Morgan fingerprint density at radius 3 is 2.39 bits per heavy atom. The number of ether oxygens (including phenoxy) is 2. The summed E-state index contributed by atoms with van der Waals surface area (Å²) in [5, 5.41) is 10.8. The number of pyridine rings is 1. The number of anilines is 1. The molecule has 176 valence electrons. The average Bonchev–Trinajstić information content (AvgIpc) is 3.26. The lowest BCUT2D eigenvalue weighted by molar-refractivity contribution is 0.00624. The van der Waals surface area contributed by atoms with Gasteiger partial charge in [0.1, 0.15) is 11.2 Å². The maximum absolute atomic E-state index is 12.4. The minimum absolute atomic E-state index is 0.136. The molecular formula is C23H30N6O4. The van der Waals surface area contributed by atoms with Gasteiger partial charge in [-0.05, 0) is 71.9 Å². The number of hydrogen-bond acceptors (Lipinski definition) is 7. The minimum Gasteiger partial charge on any atom is -0.455 e. The summed E-state index contributed by atoms with van der Waals surface area (Å²) in [5.74, 6) is -0.0344. The summed E-state index contributed by atoms with van der Waals surface area (Å²) < 4.78 is 14.2. The summed E-state index contributed by atoms with van der Waals surface area (Å²) >= 11 is 0. The highest BCUT2D eigenvalue weighted by Crippen LogP contribution is 2.41. The largest absolute Gasteiger partial charge is 0.455 e. The van der Waals surface area contributed by atoms with Gasteiger partial charge in [-0.3, -0.25) is 5.32 Å². The lowest BCUT2D eigenvalue weighted by atomic mass is 10.2. The first kappa shape index (κ1) is 22.8. The number of carbonyl (C=O) groups is 2. The lowest BCUT2D eigenvalue weighted by Gasteiger charge is -2.20. The Morgan fingerprint density at radius 1 is 1.06 bits per heavy atom. The summed E-state index contributed by atoms with van der Waals surface area (Å²) in [6.07, 6.45) is 7.19. The van der Waals surface area contributed by atoms with Gasteiger partial charge in [0, 0.05) is 12.4 Å². The van der Waals surface area contributed by atoms with Crippen LogP contribution in [0.5, 0.6) is 0 Å². The van der Waals surface area contributed by atoms with Gasteiger partial charge in [0.15, 0.2) is 11.3 Å². The Bertz CT molecular complexity index is 1190. The minimum atomic E-state index is -0.612. The molecule has 1 saturated carbocycles. The zero-order valence-electron chi connectivity index (χ0n) is 19.9. The summed E-state index contributed by atoms with van der Waals surface area (Å²) in [4.78, 5) is 29.3. The number of rotatable bonds is 5. The molecule has 1 N–H and O–H groups in total. The Hall–Kier alpha value is -3.43. The molecule has 0 aliphatic heterocycles. The first-order valence-corrected chi connectivity index (χ1v) is 11.0. The van der Waals surface area contributed by atoms with Crippen LogP contribution in [0, 0.1) is 0 Å². The van der Waals surface area contributed by atoms with Crippen LogP contribution in [0.15, 0.2) is 24.7 Å². The maximum atomic E-state index is 12.4. The predicted octanol–water partition coefficient (Wildman–Crippen LogP) is 4.15. The molecule has 10 heteroatoms. The van der Waals surface area contributed by atoms with Crippen LogP contribution < -0.4 is 5.32 Å². The third-order valence-corrected chi connectivity index (χ3v) is 4.78. The van der Waals surface area contributed by atoms with Gasteiger partial charge >= 0.3 is 12.1 Å². The van der Waals surface area contributed by atoms with Crippen molar-refractivity contribution < 1.29 is 19.1 Å². The first-order valence-electron chi connectivity index (χ1n) is 11.0. The van der Waals surface area contributed by atoms with Gasteiger partial charge in [0.05, 0.1) is 24.1 Å². The molecule has 0 unspecified atom stereocenters. The molecule has 4 rings (SSSR count). The van der Waals surface area contributed by atoms with E-state index in [2.05, 4.69) is 20.6 Å². The molecule has 3 heterocycles. The van der Waals surface area contributed by atoms with Crippen molar-refractivity contribution >= 4 is 23.4 Å². The van der Waals surface area contributed by atoms with Crippen molar-refractivity contribution in [3.63, 3.8) is 0 Å². The number of aromatic nitrogens is 5. The molecule has 1 amide bonds. The van der Waals surface area contributed by atoms with E-state index in [0.717, 1.165) is 18.4 Å². The van der Waals surface area contributed by atoms with Gasteiger partial charge in [-0.1, -0.05) is 5.21 Å². The topological polar surface area (TPSA) is 113 Å². The van der Waals surface area contributed by atoms with Crippen molar-refractivity contribution in [2.75, 3.05) is 5.32 Å². The van der Waals surface area contributed by atoms with Gasteiger partial charge in [0.2, 0.25) is 0 Å². The summed E-state index contributed by atoms with van der Waals surface area (Å²) in [5.41, 5.74) is 1.96. The number of nitrogens with zero attached hydrogens (tertiary/aromatic N) is 5. The second kappa shape index (κ2) is 8.17. The average molecular weight is 455 g/mol. The van der Waals surface area contributed by atoms with Crippen molar-refractivity contribution in [1.82, 2.24) is 24.4 Å². The van der Waals surface area contributed by atoms with E-state index < -0.39 is 23.3 Å². The van der Waals surface area contributed by atoms with Gasteiger partial charge in [-0.15, -0.1) is 5.10 Å². The quantitative estimate of drug-likeness (QED) is 0.576. The van der Waals surface area contributed by atoms with Gasteiger partial charge in [-0.25, -0.2) is 19.3 Å². The molecule has 1 fully saturated rings. The van der Waals surface area contributed by atoms with Crippen LogP contribution in [-0.2, 0) is 16.0 Å². The van der Waals surface area contributed by atoms with Gasteiger partial charge in [0.25, 0.3) is 0 Å². The number of hydrogen-bond donors (Lipinski definition) is 1. The molecule has 3 aromatic rings. The molecule has 0 atom stereocenters. The molecule has 0 aromatic carbocycles. The summed E-state index contributed by atoms with van der Waals surface area (Å²) in [6, 6.07) is 1.96. The maximum Gasteiger partial charge on any atom is 0.412 e. The lowest BCUT2D eigenvalue weighted by Crippen LogP contribution is -2.27. The monoisotopic (exact) mass is 454 g/mol. The van der Waals surface area contributed by atoms with Crippen molar-refractivity contribution in [2.24, 2.45) is 0 Å². The number of esters is 1. The van der Waals surface area contributed by atoms with Crippen LogP contribution >= 0.6 is 0 Å². The fourth-order valence-corrected chi connectivity index (χ4v) is 3.36. The molecule has 0 spiro atoms. The van der Waals surface area contributed by atoms with E-state index in [9.17, 15) is 9.59 Å². The highest BCUT2D eigenvalue weighted by molar-refractivity contribution is 5.90. The van der Waals surface area contributed by atoms with Crippen molar-refractivity contribution in [1.29, 1.82) is 0 Å². The SMILES string of the molecule is CC(C)(C)OC(=O)Nc1cc(C2CC2)cn2cc(Cn3cc(C(=O)OC(C)(C)C)nn3)nc12. The fraction of sp³-hybridized carbons (Fsp3) is 0.522. The van der Waals surface area contributed by atoms with E-state index in [1.807, 2.05) is 43.6 Å². The number of nitrogens with one attached hydrogen (secondary N) is 1. The van der Waals surface area contributed by atoms with Crippen molar-refractivity contribution in [2.45, 2.75) is 78.0 Å². The summed E-state index contributed by atoms with van der Waals surface area (Å²) in [7, 11) is 0. The predicted molar refractivity (Wildman–Crippen MR) is 121 cm³/mol. The van der Waals surface area contributed by atoms with Crippen molar-refractivity contribution in [3.05, 3.63) is 41.6 Å². The molecule has 33 heavy (non-hydrogen) atoms. The number of carbonyl (C=O) groups excluding carboxylic acids is 2. The molecule has 0 saturated heterocycles. The van der Waals surface area contributed by atoms with E-state index >= 15 is 0 Å². The highest BCUT2D eigenvalue weighted by Gasteiger charge is 2.26. The molecule has 0 bridgehead atoms. The summed E-state index contributed by atoms with van der Waals surface area (Å²) in [6.45, 7) is 11.2. The van der Waals surface area contributed by atoms with Gasteiger partial charge < -0.3 is 13.9 Å². The van der Waals surface area contributed by atoms with Crippen LogP contribution in [0.1, 0.15) is 82.0 Å². The Morgan fingerprint density at radius 2 is 1.76 bits per heavy atom. The number of amides is 1. The van der Waals surface area contributed by atoms with E-state index in [1.165, 1.54) is 10.9 Å². The van der Waals surface area contributed by atoms with Crippen LogP contribution in [0.2, 0.25) is 0 Å². The third-order valence-electron chi connectivity index (χ3n) is 4.78. The molecular weight excluding hydrogens is 424 g/mol. The Balaban J connectivity index is 1.57. The molecule has 10 nitrogen and oxygen atoms in total. The molecule has 0 radical (unpaired) electrons. The normalized spacial score (nSPS) is 14.4.